The lowest BCUT2D eigenvalue weighted by molar-refractivity contribution is -0.149. The largest absolute Gasteiger partial charge is 0.336 e. The maximum atomic E-state index is 13.2. The fourth-order valence-electron chi connectivity index (χ4n) is 5.61. The Bertz CT molecular complexity index is 1340. The molecule has 2 amide bonds. The summed E-state index contributed by atoms with van der Waals surface area (Å²) in [5, 5.41) is 2.86. The molecule has 1 spiro atoms. The maximum Gasteiger partial charge on any atom is 0.243 e. The van der Waals surface area contributed by atoms with Crippen molar-refractivity contribution in [2.75, 3.05) is 32.0 Å². The molecule has 1 saturated heterocycles. The minimum atomic E-state index is -0.537. The predicted octanol–water partition coefficient (Wildman–Crippen LogP) is 5.89. The lowest BCUT2D eigenvalue weighted by Crippen LogP contribution is -2.63. The third kappa shape index (κ3) is 7.85. The minimum Gasteiger partial charge on any atom is -0.336 e. The highest BCUT2D eigenvalue weighted by Gasteiger charge is 2.48. The van der Waals surface area contributed by atoms with Crippen molar-refractivity contribution >= 4 is 23.7 Å². The first-order valence-corrected chi connectivity index (χ1v) is 14.2. The van der Waals surface area contributed by atoms with Gasteiger partial charge in [-0.3, -0.25) is 14.5 Å². The minimum absolute atomic E-state index is 0.0746. The second kappa shape index (κ2) is 14.1. The number of carbonyl (C=O) groups excluding carboxylic acids is 2. The smallest absolute Gasteiger partial charge is 0.243 e. The molecule has 1 saturated carbocycles. The van der Waals surface area contributed by atoms with E-state index in [4.69, 9.17) is 0 Å². The van der Waals surface area contributed by atoms with E-state index in [0.717, 1.165) is 62.4 Å². The molecule has 8 heteroatoms. The summed E-state index contributed by atoms with van der Waals surface area (Å²) in [5.74, 6) is -0.301. The van der Waals surface area contributed by atoms with Crippen LogP contribution in [0.5, 0.6) is 0 Å². The Morgan fingerprint density at radius 3 is 2.39 bits per heavy atom. The van der Waals surface area contributed by atoms with Crippen molar-refractivity contribution in [3.8, 4) is 0 Å². The average Bonchev–Trinajstić information content (AvgIpc) is 3.45. The van der Waals surface area contributed by atoms with E-state index < -0.39 is 11.6 Å². The van der Waals surface area contributed by atoms with Crippen molar-refractivity contribution in [3.05, 3.63) is 101 Å². The normalized spacial score (nSPS) is 16.6. The molecule has 216 valence electrons. The summed E-state index contributed by atoms with van der Waals surface area (Å²) in [6.07, 6.45) is 11.2. The molecule has 1 N–H and O–H groups in total. The Kier molecular flexibility index (Phi) is 10.4. The van der Waals surface area contributed by atoms with Gasteiger partial charge in [-0.1, -0.05) is 62.2 Å². The monoisotopic (exact) mass is 560 g/mol. The average molecular weight is 561 g/mol. The first kappa shape index (κ1) is 30.1. The number of rotatable bonds is 7. The molecule has 2 fully saturated rings. The molecule has 1 aliphatic carbocycles. The van der Waals surface area contributed by atoms with Gasteiger partial charge in [0.05, 0.1) is 6.42 Å². The Morgan fingerprint density at radius 2 is 1.76 bits per heavy atom. The molecule has 6 nitrogen and oxygen atoms in total. The summed E-state index contributed by atoms with van der Waals surface area (Å²) in [6, 6.07) is 16.3. The van der Waals surface area contributed by atoms with E-state index in [1.54, 1.807) is 12.3 Å². The Labute approximate surface area is 241 Å². The fraction of sp³-hybridized carbons (Fsp3) is 0.364. The van der Waals surface area contributed by atoms with Crippen LogP contribution in [0.25, 0.3) is 6.08 Å². The van der Waals surface area contributed by atoms with E-state index in [1.165, 1.54) is 23.8 Å². The number of anilines is 1. The maximum absolute atomic E-state index is 13.2. The molecule has 5 rings (SSSR count). The van der Waals surface area contributed by atoms with Crippen molar-refractivity contribution in [2.45, 2.75) is 51.0 Å². The van der Waals surface area contributed by atoms with Gasteiger partial charge in [-0.15, -0.1) is 0 Å². The van der Waals surface area contributed by atoms with Crippen LogP contribution < -0.4 is 5.32 Å². The summed E-state index contributed by atoms with van der Waals surface area (Å²) in [7, 11) is 2.09. The van der Waals surface area contributed by atoms with Crippen LogP contribution >= 0.6 is 0 Å². The van der Waals surface area contributed by atoms with Gasteiger partial charge in [0.2, 0.25) is 11.8 Å². The number of benzene rings is 2. The van der Waals surface area contributed by atoms with Crippen molar-refractivity contribution in [1.82, 2.24) is 14.8 Å². The van der Waals surface area contributed by atoms with Gasteiger partial charge in [-0.05, 0) is 67.3 Å². The third-order valence-electron chi connectivity index (χ3n) is 7.87. The number of pyridine rings is 1. The van der Waals surface area contributed by atoms with Crippen LogP contribution in [0.1, 0.15) is 49.3 Å². The number of aryl methyl sites for hydroxylation is 1. The summed E-state index contributed by atoms with van der Waals surface area (Å²) >= 11 is 0. The van der Waals surface area contributed by atoms with E-state index in [1.807, 2.05) is 17.0 Å². The van der Waals surface area contributed by atoms with Crippen LogP contribution in [-0.4, -0.2) is 58.8 Å². The van der Waals surface area contributed by atoms with Gasteiger partial charge in [-0.25, -0.2) is 13.8 Å². The number of hydrogen-bond donors (Lipinski definition) is 1. The van der Waals surface area contributed by atoms with E-state index in [0.29, 0.717) is 18.8 Å². The van der Waals surface area contributed by atoms with Crippen molar-refractivity contribution in [1.29, 1.82) is 0 Å². The van der Waals surface area contributed by atoms with Gasteiger partial charge in [0.1, 0.15) is 23.0 Å². The zero-order valence-corrected chi connectivity index (χ0v) is 23.8. The first-order valence-electron chi connectivity index (χ1n) is 14.2. The summed E-state index contributed by atoms with van der Waals surface area (Å²) < 4.78 is 23.9. The summed E-state index contributed by atoms with van der Waals surface area (Å²) in [4.78, 5) is 34.2. The first-order chi connectivity index (χ1) is 19.8. The lowest BCUT2D eigenvalue weighted by Gasteiger charge is -2.46. The van der Waals surface area contributed by atoms with Crippen molar-refractivity contribution in [3.63, 3.8) is 0 Å². The number of amides is 2. The molecular weight excluding hydrogens is 522 g/mol. The van der Waals surface area contributed by atoms with Gasteiger partial charge in [-0.2, -0.15) is 0 Å². The Balaban J connectivity index is 0.000000417. The number of halogens is 2. The zero-order valence-electron chi connectivity index (χ0n) is 23.8. The molecule has 3 aromatic rings. The number of likely N-dealkylation sites (N-methyl/N-ethyl adjacent to an activating group) is 1. The van der Waals surface area contributed by atoms with E-state index in [2.05, 4.69) is 59.5 Å². The van der Waals surface area contributed by atoms with Gasteiger partial charge < -0.3 is 10.2 Å². The zero-order chi connectivity index (χ0) is 29.2. The summed E-state index contributed by atoms with van der Waals surface area (Å²) in [6.45, 7) is 4.43. The Hall–Kier alpha value is -3.91. The number of hydrogen-bond acceptors (Lipinski definition) is 4. The van der Waals surface area contributed by atoms with Crippen LogP contribution in [0, 0.1) is 11.6 Å². The van der Waals surface area contributed by atoms with Crippen LogP contribution in [0.3, 0.4) is 0 Å². The fourth-order valence-corrected chi connectivity index (χ4v) is 5.61. The third-order valence-corrected chi connectivity index (χ3v) is 7.87. The van der Waals surface area contributed by atoms with E-state index in [9.17, 15) is 18.4 Å². The van der Waals surface area contributed by atoms with Crippen LogP contribution in [-0.2, 0) is 22.4 Å². The topological polar surface area (TPSA) is 65.5 Å². The highest BCUT2D eigenvalue weighted by atomic mass is 19.1. The van der Waals surface area contributed by atoms with Gasteiger partial charge in [0, 0.05) is 31.9 Å². The molecule has 41 heavy (non-hydrogen) atoms. The molecule has 0 atom stereocenters. The molecule has 2 aromatic carbocycles. The molecule has 0 unspecified atom stereocenters. The molecular formula is C33H38F2N4O2. The second-order valence-corrected chi connectivity index (χ2v) is 10.6. The van der Waals surface area contributed by atoms with Crippen molar-refractivity contribution in [2.24, 2.45) is 0 Å². The number of aromatic nitrogens is 1. The predicted molar refractivity (Wildman–Crippen MR) is 158 cm³/mol. The number of piperazine rings is 1. The molecule has 2 heterocycles. The quantitative estimate of drug-likeness (QED) is 0.391. The molecule has 1 aromatic heterocycles. The number of nitrogens with one attached hydrogen (secondary N) is 1. The standard InChI is InChI=1S/C27H34N4O2.C6H4F2/c1-3-22-12-11-21(19-23(22)20-25(32)29-24-10-4-7-15-28-24)9-8-16-31-18-17-30(2)27(26(31)33)13-5-6-14-27;7-5-2-1-3-6(8)4-5/h4,7-12,15,19H,3,5-6,13-14,16-18,20H2,1-2H3,(H,28,29,32);1-4H/b9-8+;. The highest BCUT2D eigenvalue weighted by molar-refractivity contribution is 5.91. The second-order valence-electron chi connectivity index (χ2n) is 10.6. The molecule has 2 aliphatic rings. The van der Waals surface area contributed by atoms with Crippen molar-refractivity contribution < 1.29 is 18.4 Å². The van der Waals surface area contributed by atoms with Crippen LogP contribution in [0.15, 0.2) is 72.9 Å². The molecule has 0 radical (unpaired) electrons. The number of carbonyl (C=O) groups is 2. The number of nitrogens with zero attached hydrogens (tertiary/aromatic N) is 3. The summed E-state index contributed by atoms with van der Waals surface area (Å²) in [5.41, 5.74) is 2.96. The van der Waals surface area contributed by atoms with Crippen LogP contribution in [0.4, 0.5) is 14.6 Å². The van der Waals surface area contributed by atoms with E-state index >= 15 is 0 Å². The van der Waals surface area contributed by atoms with Gasteiger partial charge in [0.15, 0.2) is 0 Å². The van der Waals surface area contributed by atoms with Gasteiger partial charge >= 0.3 is 0 Å². The SMILES string of the molecule is CCc1ccc(/C=C/CN2CCN(C)C3(CCCC3)C2=O)cc1CC(=O)Nc1ccccn1.Fc1cccc(F)c1. The molecule has 0 bridgehead atoms. The van der Waals surface area contributed by atoms with Crippen LogP contribution in [0.2, 0.25) is 0 Å². The van der Waals surface area contributed by atoms with Gasteiger partial charge in [0.25, 0.3) is 0 Å². The van der Waals surface area contributed by atoms with E-state index in [-0.39, 0.29) is 17.4 Å². The Morgan fingerprint density at radius 1 is 1.00 bits per heavy atom. The molecule has 1 aliphatic heterocycles. The lowest BCUT2D eigenvalue weighted by atomic mass is 9.91. The highest BCUT2D eigenvalue weighted by Crippen LogP contribution is 2.38.